The van der Waals surface area contributed by atoms with E-state index in [1.54, 1.807) is 11.0 Å². The molecule has 0 aromatic carbocycles. The van der Waals surface area contributed by atoms with Gasteiger partial charge in [-0.05, 0) is 18.8 Å². The van der Waals surface area contributed by atoms with Crippen LogP contribution in [0, 0.1) is 5.92 Å². The first-order valence-electron chi connectivity index (χ1n) is 6.99. The van der Waals surface area contributed by atoms with Crippen molar-refractivity contribution in [1.29, 1.82) is 0 Å². The summed E-state index contributed by atoms with van der Waals surface area (Å²) in [6.07, 6.45) is 3.48. The van der Waals surface area contributed by atoms with Crippen LogP contribution >= 0.6 is 0 Å². The second-order valence-electron chi connectivity index (χ2n) is 5.90. The summed E-state index contributed by atoms with van der Waals surface area (Å²) in [5.74, 6) is 1.15. The van der Waals surface area contributed by atoms with Crippen molar-refractivity contribution in [3.05, 3.63) is 12.7 Å². The van der Waals surface area contributed by atoms with Crippen LogP contribution in [-0.2, 0) is 0 Å². The van der Waals surface area contributed by atoms with Gasteiger partial charge >= 0.3 is 6.03 Å². The van der Waals surface area contributed by atoms with Crippen LogP contribution in [0.5, 0.6) is 0 Å². The number of amides is 2. The second kappa shape index (κ2) is 5.33. The first-order chi connectivity index (χ1) is 8.99. The number of likely N-dealkylation sites (tertiary alicyclic amines) is 1. The fourth-order valence-electron chi connectivity index (χ4n) is 3.12. The lowest BCUT2D eigenvalue weighted by molar-refractivity contribution is 0.101. The Balaban J connectivity index is 2.09. The van der Waals surface area contributed by atoms with Gasteiger partial charge in [0.2, 0.25) is 0 Å². The molecule has 106 valence electrons. The molecule has 1 saturated heterocycles. The van der Waals surface area contributed by atoms with E-state index in [0.29, 0.717) is 18.3 Å². The molecule has 2 amide bonds. The molecule has 2 aliphatic rings. The quantitative estimate of drug-likeness (QED) is 0.782. The summed E-state index contributed by atoms with van der Waals surface area (Å²) in [5.41, 5.74) is 5.67. The Labute approximate surface area is 115 Å². The van der Waals surface area contributed by atoms with E-state index in [-0.39, 0.29) is 11.6 Å². The summed E-state index contributed by atoms with van der Waals surface area (Å²) in [7, 11) is 0. The second-order valence-corrected chi connectivity index (χ2v) is 5.90. The lowest BCUT2D eigenvalue weighted by Crippen LogP contribution is -2.59. The molecule has 1 fully saturated rings. The molecule has 5 heteroatoms. The molecule has 2 N–H and O–H groups in total. The van der Waals surface area contributed by atoms with E-state index in [9.17, 15) is 4.79 Å². The largest absolute Gasteiger partial charge is 0.385 e. The maximum absolute atomic E-state index is 11.9. The highest BCUT2D eigenvalue weighted by atomic mass is 16.2. The third-order valence-corrected chi connectivity index (χ3v) is 4.06. The van der Waals surface area contributed by atoms with E-state index in [1.807, 2.05) is 0 Å². The van der Waals surface area contributed by atoms with Crippen molar-refractivity contribution in [3.63, 3.8) is 0 Å². The Morgan fingerprint density at radius 2 is 2.11 bits per heavy atom. The van der Waals surface area contributed by atoms with Gasteiger partial charge in [0.25, 0.3) is 0 Å². The first kappa shape index (κ1) is 14.1. The summed E-state index contributed by atoms with van der Waals surface area (Å²) in [6.45, 7) is 11.7. The predicted molar refractivity (Wildman–Crippen MR) is 77.2 cm³/mol. The fraction of sp³-hybridized carbons (Fsp3) is 0.714. The van der Waals surface area contributed by atoms with Crippen LogP contribution in [0.4, 0.5) is 4.79 Å². The van der Waals surface area contributed by atoms with Crippen LogP contribution in [0.2, 0.25) is 0 Å². The highest BCUT2D eigenvalue weighted by Gasteiger charge is 2.49. The lowest BCUT2D eigenvalue weighted by Gasteiger charge is -2.44. The van der Waals surface area contributed by atoms with Gasteiger partial charge < -0.3 is 15.5 Å². The SMILES string of the molecule is C=CCN1C(=O)N=C(N)C12CCN(CC(C)C)CC2. The van der Waals surface area contributed by atoms with Crippen LogP contribution in [0.15, 0.2) is 17.6 Å². The number of urea groups is 1. The number of aliphatic imine (C=N–C) groups is 1. The Hall–Kier alpha value is -1.36. The molecular formula is C14H24N4O. The van der Waals surface area contributed by atoms with Crippen molar-refractivity contribution in [1.82, 2.24) is 9.80 Å². The Morgan fingerprint density at radius 3 is 2.63 bits per heavy atom. The lowest BCUT2D eigenvalue weighted by atomic mass is 9.85. The van der Waals surface area contributed by atoms with Gasteiger partial charge in [-0.2, -0.15) is 4.99 Å². The first-order valence-corrected chi connectivity index (χ1v) is 6.99. The standard InChI is InChI=1S/C14H24N4O/c1-4-7-18-13(19)16-12(15)14(18)5-8-17(9-6-14)10-11(2)3/h4,11H,1,5-10H2,2-3H3,(H2,15,16,19). The van der Waals surface area contributed by atoms with Crippen molar-refractivity contribution < 1.29 is 4.79 Å². The number of rotatable bonds is 4. The maximum atomic E-state index is 11.9. The molecule has 0 bridgehead atoms. The van der Waals surface area contributed by atoms with Crippen LogP contribution in [0.25, 0.3) is 0 Å². The number of nitrogens with two attached hydrogens (primary N) is 1. The number of piperidine rings is 1. The van der Waals surface area contributed by atoms with Crippen molar-refractivity contribution >= 4 is 11.9 Å². The number of nitrogens with zero attached hydrogens (tertiary/aromatic N) is 3. The highest BCUT2D eigenvalue weighted by molar-refractivity contribution is 6.06. The van der Waals surface area contributed by atoms with Crippen molar-refractivity contribution in [3.8, 4) is 0 Å². The van der Waals surface area contributed by atoms with Crippen molar-refractivity contribution in [2.75, 3.05) is 26.2 Å². The monoisotopic (exact) mass is 264 g/mol. The molecule has 0 unspecified atom stereocenters. The smallest absolute Gasteiger partial charge is 0.346 e. The molecule has 0 saturated carbocycles. The molecule has 1 spiro atoms. The molecule has 2 heterocycles. The third kappa shape index (κ3) is 2.52. The zero-order valence-corrected chi connectivity index (χ0v) is 11.9. The van der Waals surface area contributed by atoms with Gasteiger partial charge in [0.05, 0.1) is 0 Å². The highest BCUT2D eigenvalue weighted by Crippen LogP contribution is 2.34. The number of carbonyl (C=O) groups is 1. The molecule has 2 rings (SSSR count). The average molecular weight is 264 g/mol. The summed E-state index contributed by atoms with van der Waals surface area (Å²) in [5, 5.41) is 0. The van der Waals surface area contributed by atoms with Gasteiger partial charge in [0.15, 0.2) is 0 Å². The summed E-state index contributed by atoms with van der Waals surface area (Å²) in [6, 6.07) is -0.213. The summed E-state index contributed by atoms with van der Waals surface area (Å²) in [4.78, 5) is 20.1. The fourth-order valence-corrected chi connectivity index (χ4v) is 3.12. The zero-order chi connectivity index (χ0) is 14.0. The molecule has 0 radical (unpaired) electrons. The Morgan fingerprint density at radius 1 is 1.47 bits per heavy atom. The van der Waals surface area contributed by atoms with Gasteiger partial charge in [0.1, 0.15) is 11.4 Å². The molecule has 0 aromatic rings. The Kier molecular flexibility index (Phi) is 3.94. The van der Waals surface area contributed by atoms with Crippen LogP contribution in [0.3, 0.4) is 0 Å². The van der Waals surface area contributed by atoms with E-state index >= 15 is 0 Å². The van der Waals surface area contributed by atoms with Gasteiger partial charge in [-0.25, -0.2) is 4.79 Å². The van der Waals surface area contributed by atoms with Crippen molar-refractivity contribution in [2.24, 2.45) is 16.6 Å². The van der Waals surface area contributed by atoms with E-state index in [4.69, 9.17) is 5.73 Å². The molecule has 0 atom stereocenters. The normalized spacial score (nSPS) is 23.2. The number of amidine groups is 1. The van der Waals surface area contributed by atoms with E-state index in [1.165, 1.54) is 0 Å². The van der Waals surface area contributed by atoms with E-state index in [0.717, 1.165) is 32.5 Å². The number of hydrogen-bond donors (Lipinski definition) is 1. The van der Waals surface area contributed by atoms with Gasteiger partial charge in [-0.1, -0.05) is 19.9 Å². The van der Waals surface area contributed by atoms with E-state index in [2.05, 4.69) is 30.3 Å². The summed E-state index contributed by atoms with van der Waals surface area (Å²) >= 11 is 0. The molecular weight excluding hydrogens is 240 g/mol. The molecule has 5 nitrogen and oxygen atoms in total. The minimum Gasteiger partial charge on any atom is -0.385 e. The predicted octanol–water partition coefficient (Wildman–Crippen LogP) is 1.46. The molecule has 0 aromatic heterocycles. The molecule has 0 aliphatic carbocycles. The van der Waals surface area contributed by atoms with Gasteiger partial charge in [0, 0.05) is 26.2 Å². The molecule has 2 aliphatic heterocycles. The van der Waals surface area contributed by atoms with Crippen LogP contribution in [-0.4, -0.2) is 53.4 Å². The van der Waals surface area contributed by atoms with Gasteiger partial charge in [-0.15, -0.1) is 6.58 Å². The number of hydrogen-bond acceptors (Lipinski definition) is 3. The minimum absolute atomic E-state index is 0.213. The van der Waals surface area contributed by atoms with Crippen LogP contribution < -0.4 is 5.73 Å². The van der Waals surface area contributed by atoms with Gasteiger partial charge in [-0.3, -0.25) is 0 Å². The Bertz CT molecular complexity index is 394. The number of carbonyl (C=O) groups excluding carboxylic acids is 1. The van der Waals surface area contributed by atoms with E-state index < -0.39 is 0 Å². The minimum atomic E-state index is -0.362. The van der Waals surface area contributed by atoms with Crippen molar-refractivity contribution in [2.45, 2.75) is 32.2 Å². The van der Waals surface area contributed by atoms with Crippen LogP contribution in [0.1, 0.15) is 26.7 Å². The summed E-state index contributed by atoms with van der Waals surface area (Å²) < 4.78 is 0. The zero-order valence-electron chi connectivity index (χ0n) is 11.9. The maximum Gasteiger partial charge on any atom is 0.346 e. The topological polar surface area (TPSA) is 61.9 Å². The average Bonchev–Trinajstić information content (AvgIpc) is 2.57. The molecule has 19 heavy (non-hydrogen) atoms. The third-order valence-electron chi connectivity index (χ3n) is 4.06.